The number of rotatable bonds is 6. The van der Waals surface area contributed by atoms with Crippen LogP contribution in [0.5, 0.6) is 11.5 Å². The highest BCUT2D eigenvalue weighted by molar-refractivity contribution is 7.65. The Balaban J connectivity index is 1.99. The first kappa shape index (κ1) is 22.5. The number of aromatic nitrogens is 2. The van der Waals surface area contributed by atoms with E-state index in [1.165, 1.54) is 22.9 Å². The fourth-order valence-electron chi connectivity index (χ4n) is 2.86. The molecule has 0 radical (unpaired) electrons. The third kappa shape index (κ3) is 5.12. The number of nitrogens with zero attached hydrogens (tertiary/aromatic N) is 3. The van der Waals surface area contributed by atoms with Crippen molar-refractivity contribution in [3.8, 4) is 11.5 Å². The molecule has 0 fully saturated rings. The Kier molecular flexibility index (Phi) is 5.93. The van der Waals surface area contributed by atoms with Gasteiger partial charge in [0.1, 0.15) is 11.3 Å². The molecular formula is C19H24N5O6P. The molecule has 1 amide bonds. The lowest BCUT2D eigenvalue weighted by Gasteiger charge is -2.23. The highest BCUT2D eigenvalue weighted by Crippen LogP contribution is 2.47. The van der Waals surface area contributed by atoms with Gasteiger partial charge in [0.2, 0.25) is 0 Å². The van der Waals surface area contributed by atoms with Crippen molar-refractivity contribution in [1.82, 2.24) is 9.78 Å². The Morgan fingerprint density at radius 1 is 1.35 bits per heavy atom. The van der Waals surface area contributed by atoms with E-state index in [1.807, 2.05) is 20.8 Å². The van der Waals surface area contributed by atoms with Gasteiger partial charge in [0.15, 0.2) is 18.2 Å². The molecule has 0 saturated heterocycles. The van der Waals surface area contributed by atoms with Crippen molar-refractivity contribution in [2.75, 3.05) is 11.9 Å². The smallest absolute Gasteiger partial charge is 0.346 e. The fourth-order valence-corrected chi connectivity index (χ4v) is 4.13. The standard InChI is InChI=1S/C19H24N5O6P/c1-19(2,3)6-7-24-18(27)16(13(25)9-21-24)17-22-12-5-4-11(30-10-15(20)26)8-14(12)31(28,29)23-17/h4-5,8-9,25H,6-7,10H2,1-3H3,(H2,20,26)(H2,22,23,28,29). The number of nitrogens with two attached hydrogens (primary N) is 1. The molecule has 1 aromatic heterocycles. The summed E-state index contributed by atoms with van der Waals surface area (Å²) >= 11 is 0. The molecular weight excluding hydrogens is 425 g/mol. The number of aryl methyl sites for hydroxylation is 1. The largest absolute Gasteiger partial charge is 0.505 e. The minimum absolute atomic E-state index is 0.0478. The van der Waals surface area contributed by atoms with E-state index in [-0.39, 0.29) is 33.6 Å². The van der Waals surface area contributed by atoms with E-state index in [4.69, 9.17) is 10.5 Å². The Morgan fingerprint density at radius 2 is 2.06 bits per heavy atom. The van der Waals surface area contributed by atoms with Gasteiger partial charge < -0.3 is 25.8 Å². The Labute approximate surface area is 178 Å². The molecule has 0 aliphatic carbocycles. The molecule has 11 nitrogen and oxygen atoms in total. The highest BCUT2D eigenvalue weighted by atomic mass is 31.2. The number of carbonyl (C=O) groups is 1. The fraction of sp³-hybridized carbons (Fsp3) is 0.368. The van der Waals surface area contributed by atoms with Gasteiger partial charge in [0.05, 0.1) is 17.2 Å². The molecule has 0 spiro atoms. The van der Waals surface area contributed by atoms with Gasteiger partial charge >= 0.3 is 7.52 Å². The van der Waals surface area contributed by atoms with E-state index in [9.17, 15) is 24.2 Å². The molecule has 0 saturated carbocycles. The number of amides is 1. The monoisotopic (exact) mass is 449 g/mol. The number of aromatic hydroxyl groups is 1. The van der Waals surface area contributed by atoms with Crippen molar-refractivity contribution in [3.05, 3.63) is 40.3 Å². The summed E-state index contributed by atoms with van der Waals surface area (Å²) in [6.07, 6.45) is 1.75. The quantitative estimate of drug-likeness (QED) is 0.472. The van der Waals surface area contributed by atoms with Gasteiger partial charge in [-0.1, -0.05) is 20.8 Å². The number of hydrogen-bond acceptors (Lipinski definition) is 7. The Morgan fingerprint density at radius 3 is 2.71 bits per heavy atom. The van der Waals surface area contributed by atoms with Gasteiger partial charge in [0.25, 0.3) is 11.5 Å². The summed E-state index contributed by atoms with van der Waals surface area (Å²) in [5.74, 6) is -1.24. The van der Waals surface area contributed by atoms with Crippen LogP contribution in [-0.4, -0.2) is 38.1 Å². The summed E-state index contributed by atoms with van der Waals surface area (Å²) in [6.45, 7) is 5.97. The van der Waals surface area contributed by atoms with E-state index in [0.717, 1.165) is 6.20 Å². The predicted molar refractivity (Wildman–Crippen MR) is 115 cm³/mol. The predicted octanol–water partition coefficient (Wildman–Crippen LogP) is 0.932. The van der Waals surface area contributed by atoms with Gasteiger partial charge in [-0.25, -0.2) is 4.68 Å². The van der Waals surface area contributed by atoms with Crippen LogP contribution in [0.15, 0.2) is 34.0 Å². The van der Waals surface area contributed by atoms with Crippen LogP contribution in [0.25, 0.3) is 0 Å². The zero-order valence-electron chi connectivity index (χ0n) is 17.3. The first-order valence-electron chi connectivity index (χ1n) is 9.42. The molecule has 0 bridgehead atoms. The lowest BCUT2D eigenvalue weighted by atomic mass is 9.92. The summed E-state index contributed by atoms with van der Waals surface area (Å²) in [6, 6.07) is 4.17. The minimum atomic E-state index is -4.32. The van der Waals surface area contributed by atoms with Crippen LogP contribution in [0.1, 0.15) is 32.8 Å². The van der Waals surface area contributed by atoms with Crippen molar-refractivity contribution in [2.24, 2.45) is 15.9 Å². The van der Waals surface area contributed by atoms with Crippen molar-refractivity contribution in [1.29, 1.82) is 0 Å². The molecule has 5 N–H and O–H groups in total. The zero-order chi connectivity index (χ0) is 23.0. The summed E-state index contributed by atoms with van der Waals surface area (Å²) in [5.41, 5.74) is 4.31. The number of amidine groups is 1. The molecule has 1 aliphatic heterocycles. The molecule has 1 unspecified atom stereocenters. The molecule has 2 aromatic rings. The highest BCUT2D eigenvalue weighted by Gasteiger charge is 2.33. The number of benzene rings is 1. The van der Waals surface area contributed by atoms with Gasteiger partial charge in [-0.05, 0) is 30.0 Å². The van der Waals surface area contributed by atoms with Crippen LogP contribution in [0, 0.1) is 5.41 Å². The minimum Gasteiger partial charge on any atom is -0.505 e. The number of hydrogen-bond donors (Lipinski definition) is 4. The van der Waals surface area contributed by atoms with Crippen LogP contribution in [-0.2, 0) is 15.9 Å². The van der Waals surface area contributed by atoms with Crippen molar-refractivity contribution in [2.45, 2.75) is 33.7 Å². The van der Waals surface area contributed by atoms with Gasteiger partial charge in [-0.15, -0.1) is 0 Å². The van der Waals surface area contributed by atoms with Crippen LogP contribution in [0.2, 0.25) is 0 Å². The van der Waals surface area contributed by atoms with E-state index in [2.05, 4.69) is 15.2 Å². The number of carbonyl (C=O) groups excluding carboxylic acids is 1. The first-order valence-corrected chi connectivity index (χ1v) is 11.0. The first-order chi connectivity index (χ1) is 14.4. The van der Waals surface area contributed by atoms with Crippen molar-refractivity contribution >= 4 is 30.3 Å². The lowest BCUT2D eigenvalue weighted by Crippen LogP contribution is -2.34. The average molecular weight is 449 g/mol. The third-order valence-corrected chi connectivity index (χ3v) is 5.96. The summed E-state index contributed by atoms with van der Waals surface area (Å²) in [4.78, 5) is 34.3. The lowest BCUT2D eigenvalue weighted by molar-refractivity contribution is -0.119. The third-order valence-electron chi connectivity index (χ3n) is 4.49. The molecule has 1 aliphatic rings. The maximum atomic E-state index is 12.9. The summed E-state index contributed by atoms with van der Waals surface area (Å²) < 4.78 is 23.0. The number of nitrogens with one attached hydrogen (secondary N) is 1. The number of fused-ring (bicyclic) bond motifs is 1. The Bertz CT molecular complexity index is 1170. The maximum absolute atomic E-state index is 12.9. The molecule has 166 valence electrons. The molecule has 31 heavy (non-hydrogen) atoms. The normalized spacial score (nSPS) is 18.0. The van der Waals surface area contributed by atoms with Crippen molar-refractivity contribution in [3.63, 3.8) is 0 Å². The average Bonchev–Trinajstić information content (AvgIpc) is 2.65. The molecule has 12 heteroatoms. The summed E-state index contributed by atoms with van der Waals surface area (Å²) in [5, 5.41) is 16.9. The summed E-state index contributed by atoms with van der Waals surface area (Å²) in [7, 11) is -4.32. The van der Waals surface area contributed by atoms with Gasteiger partial charge in [-0.2, -0.15) is 9.86 Å². The molecule has 3 rings (SSSR count). The molecule has 1 atom stereocenters. The Hall–Kier alpha value is -3.17. The second-order valence-electron chi connectivity index (χ2n) is 8.30. The van der Waals surface area contributed by atoms with E-state index in [1.54, 1.807) is 0 Å². The van der Waals surface area contributed by atoms with Crippen molar-refractivity contribution < 1.29 is 24.1 Å². The zero-order valence-corrected chi connectivity index (χ0v) is 18.2. The number of anilines is 1. The number of ether oxygens (including phenoxy) is 1. The van der Waals surface area contributed by atoms with Crippen LogP contribution in [0.3, 0.4) is 0 Å². The van der Waals surface area contributed by atoms with Gasteiger partial charge in [-0.3, -0.25) is 14.2 Å². The van der Waals surface area contributed by atoms with Crippen LogP contribution in [0.4, 0.5) is 5.69 Å². The van der Waals surface area contributed by atoms with Crippen LogP contribution < -0.4 is 26.7 Å². The van der Waals surface area contributed by atoms with E-state index >= 15 is 0 Å². The SMILES string of the molecule is CC(C)(C)CCn1ncc(O)c(C2=NP(=O)(O)c3cc(OCC(N)=O)ccc3N2)c1=O. The number of primary amides is 1. The van der Waals surface area contributed by atoms with Gasteiger partial charge in [0, 0.05) is 6.54 Å². The topological polar surface area (TPSA) is 169 Å². The van der Waals surface area contributed by atoms with E-state index < -0.39 is 31.3 Å². The molecule has 1 aromatic carbocycles. The maximum Gasteiger partial charge on any atom is 0.346 e. The van der Waals surface area contributed by atoms with E-state index in [0.29, 0.717) is 13.0 Å². The second-order valence-corrected chi connectivity index (χ2v) is 10.1. The second kappa shape index (κ2) is 8.16. The molecule has 2 heterocycles. The van der Waals surface area contributed by atoms with Crippen LogP contribution >= 0.6 is 7.52 Å².